The van der Waals surface area contributed by atoms with Gasteiger partial charge in [0.25, 0.3) is 5.91 Å². The molecule has 0 bridgehead atoms. The van der Waals surface area contributed by atoms with Crippen molar-refractivity contribution in [1.82, 2.24) is 4.90 Å². The quantitative estimate of drug-likeness (QED) is 0.730. The van der Waals surface area contributed by atoms with Gasteiger partial charge in [0.1, 0.15) is 5.60 Å². The van der Waals surface area contributed by atoms with E-state index in [1.807, 2.05) is 4.90 Å². The van der Waals surface area contributed by atoms with E-state index in [1.165, 1.54) is 0 Å². The van der Waals surface area contributed by atoms with Crippen molar-refractivity contribution in [2.24, 2.45) is 5.92 Å². The van der Waals surface area contributed by atoms with Crippen LogP contribution in [0.25, 0.3) is 0 Å². The zero-order valence-corrected chi connectivity index (χ0v) is 9.58. The van der Waals surface area contributed by atoms with Crippen molar-refractivity contribution >= 4 is 5.91 Å². The fourth-order valence-electron chi connectivity index (χ4n) is 2.09. The van der Waals surface area contributed by atoms with Crippen LogP contribution in [0.1, 0.15) is 40.5 Å². The maximum atomic E-state index is 11.9. The van der Waals surface area contributed by atoms with Crippen LogP contribution in [0.4, 0.5) is 0 Å². The Morgan fingerprint density at radius 2 is 2.07 bits per heavy atom. The number of hydrogen-bond acceptors (Lipinski definition) is 2. The Morgan fingerprint density at radius 1 is 1.50 bits per heavy atom. The third-order valence-corrected chi connectivity index (χ3v) is 2.85. The zero-order valence-electron chi connectivity index (χ0n) is 9.58. The minimum atomic E-state index is -1.22. The summed E-state index contributed by atoms with van der Waals surface area (Å²) < 4.78 is 0. The maximum absolute atomic E-state index is 11.9. The van der Waals surface area contributed by atoms with Gasteiger partial charge in [0.15, 0.2) is 0 Å². The molecule has 0 aromatic carbocycles. The first-order chi connectivity index (χ1) is 6.34. The first-order valence-corrected chi connectivity index (χ1v) is 5.37. The molecule has 1 N–H and O–H groups in total. The number of likely N-dealkylation sites (tertiary alicyclic amines) is 1. The second kappa shape index (κ2) is 3.89. The standard InChI is InChI=1S/C11H21NO2/c1-8(2)9-6-5-7-12(9)10(13)11(3,4)14/h8-9,14H,5-7H2,1-4H3. The highest BCUT2D eigenvalue weighted by Gasteiger charge is 2.37. The molecule has 1 aliphatic rings. The van der Waals surface area contributed by atoms with Gasteiger partial charge < -0.3 is 10.0 Å². The summed E-state index contributed by atoms with van der Waals surface area (Å²) in [7, 11) is 0. The number of hydrogen-bond donors (Lipinski definition) is 1. The molecule has 0 spiro atoms. The molecule has 1 heterocycles. The SMILES string of the molecule is CC(C)C1CCCN1C(=O)C(C)(C)O. The topological polar surface area (TPSA) is 40.5 Å². The largest absolute Gasteiger partial charge is 0.381 e. The van der Waals surface area contributed by atoms with Crippen molar-refractivity contribution < 1.29 is 9.90 Å². The predicted molar refractivity (Wildman–Crippen MR) is 55.9 cm³/mol. The van der Waals surface area contributed by atoms with Crippen LogP contribution in [0.3, 0.4) is 0 Å². The molecule has 0 saturated carbocycles. The van der Waals surface area contributed by atoms with Gasteiger partial charge in [0.05, 0.1) is 0 Å². The highest BCUT2D eigenvalue weighted by molar-refractivity contribution is 5.84. The van der Waals surface area contributed by atoms with E-state index in [0.717, 1.165) is 19.4 Å². The molecule has 1 saturated heterocycles. The van der Waals surface area contributed by atoms with Crippen molar-refractivity contribution in [2.45, 2.75) is 52.2 Å². The lowest BCUT2D eigenvalue weighted by atomic mass is 10.00. The van der Waals surface area contributed by atoms with Gasteiger partial charge in [-0.3, -0.25) is 4.79 Å². The van der Waals surface area contributed by atoms with Gasteiger partial charge in [-0.25, -0.2) is 0 Å². The highest BCUT2D eigenvalue weighted by atomic mass is 16.3. The second-order valence-electron chi connectivity index (χ2n) is 5.01. The Labute approximate surface area is 86.1 Å². The zero-order chi connectivity index (χ0) is 10.9. The molecule has 1 unspecified atom stereocenters. The van der Waals surface area contributed by atoms with Crippen LogP contribution in [-0.2, 0) is 4.79 Å². The Bertz CT molecular complexity index is 218. The normalized spacial score (nSPS) is 23.3. The van der Waals surface area contributed by atoms with Crippen molar-refractivity contribution in [3.8, 4) is 0 Å². The van der Waals surface area contributed by atoms with Crippen LogP contribution >= 0.6 is 0 Å². The molecule has 1 aliphatic heterocycles. The van der Waals surface area contributed by atoms with E-state index in [-0.39, 0.29) is 5.91 Å². The van der Waals surface area contributed by atoms with Gasteiger partial charge in [-0.05, 0) is 32.6 Å². The minimum Gasteiger partial charge on any atom is -0.381 e. The molecule has 0 radical (unpaired) electrons. The molecule has 3 nitrogen and oxygen atoms in total. The van der Waals surface area contributed by atoms with Crippen molar-refractivity contribution in [1.29, 1.82) is 0 Å². The summed E-state index contributed by atoms with van der Waals surface area (Å²) in [6.45, 7) is 8.17. The fraction of sp³-hybridized carbons (Fsp3) is 0.909. The van der Waals surface area contributed by atoms with E-state index in [2.05, 4.69) is 13.8 Å². The van der Waals surface area contributed by atoms with Crippen molar-refractivity contribution in [3.63, 3.8) is 0 Å². The third kappa shape index (κ3) is 2.27. The summed E-state index contributed by atoms with van der Waals surface area (Å²) in [4.78, 5) is 13.7. The minimum absolute atomic E-state index is 0.131. The lowest BCUT2D eigenvalue weighted by Crippen LogP contribution is -2.48. The molecular weight excluding hydrogens is 178 g/mol. The second-order valence-corrected chi connectivity index (χ2v) is 5.01. The number of carbonyl (C=O) groups excluding carboxylic acids is 1. The molecule has 0 aromatic rings. The van der Waals surface area contributed by atoms with Gasteiger partial charge in [0, 0.05) is 12.6 Å². The summed E-state index contributed by atoms with van der Waals surface area (Å²) in [5.74, 6) is 0.345. The monoisotopic (exact) mass is 199 g/mol. The molecular formula is C11H21NO2. The summed E-state index contributed by atoms with van der Waals surface area (Å²) in [6.07, 6.45) is 2.13. The summed E-state index contributed by atoms with van der Waals surface area (Å²) >= 11 is 0. The molecule has 82 valence electrons. The molecule has 3 heteroatoms. The van der Waals surface area contributed by atoms with E-state index in [1.54, 1.807) is 13.8 Å². The van der Waals surface area contributed by atoms with Crippen LogP contribution in [0.2, 0.25) is 0 Å². The maximum Gasteiger partial charge on any atom is 0.254 e. The molecule has 14 heavy (non-hydrogen) atoms. The molecule has 1 rings (SSSR count). The van der Waals surface area contributed by atoms with Crippen molar-refractivity contribution in [3.05, 3.63) is 0 Å². The van der Waals surface area contributed by atoms with Gasteiger partial charge >= 0.3 is 0 Å². The Balaban J connectivity index is 2.72. The first kappa shape index (κ1) is 11.5. The third-order valence-electron chi connectivity index (χ3n) is 2.85. The lowest BCUT2D eigenvalue weighted by molar-refractivity contribution is -0.149. The average molecular weight is 199 g/mol. The van der Waals surface area contributed by atoms with E-state index in [0.29, 0.717) is 12.0 Å². The van der Waals surface area contributed by atoms with Gasteiger partial charge in [-0.2, -0.15) is 0 Å². The molecule has 0 aromatic heterocycles. The van der Waals surface area contributed by atoms with E-state index in [9.17, 15) is 9.90 Å². The van der Waals surface area contributed by atoms with Gasteiger partial charge in [-0.15, -0.1) is 0 Å². The molecule has 0 aliphatic carbocycles. The number of amides is 1. The van der Waals surface area contributed by atoms with E-state index in [4.69, 9.17) is 0 Å². The first-order valence-electron chi connectivity index (χ1n) is 5.37. The van der Waals surface area contributed by atoms with Crippen LogP contribution < -0.4 is 0 Å². The number of nitrogens with zero attached hydrogens (tertiary/aromatic N) is 1. The van der Waals surface area contributed by atoms with Crippen LogP contribution in [0, 0.1) is 5.92 Å². The van der Waals surface area contributed by atoms with Crippen LogP contribution in [-0.4, -0.2) is 34.1 Å². The van der Waals surface area contributed by atoms with Gasteiger partial charge in [-0.1, -0.05) is 13.8 Å². The number of carbonyl (C=O) groups is 1. The van der Waals surface area contributed by atoms with Crippen LogP contribution in [0.15, 0.2) is 0 Å². The van der Waals surface area contributed by atoms with E-state index < -0.39 is 5.60 Å². The molecule has 1 fully saturated rings. The Morgan fingerprint density at radius 3 is 2.50 bits per heavy atom. The fourth-order valence-corrected chi connectivity index (χ4v) is 2.09. The Hall–Kier alpha value is -0.570. The Kier molecular flexibility index (Phi) is 3.20. The summed E-state index contributed by atoms with van der Waals surface area (Å²) in [5, 5.41) is 9.65. The average Bonchev–Trinajstić information content (AvgIpc) is 2.48. The highest BCUT2D eigenvalue weighted by Crippen LogP contribution is 2.26. The van der Waals surface area contributed by atoms with Gasteiger partial charge in [0.2, 0.25) is 0 Å². The molecule has 1 atom stereocenters. The summed E-state index contributed by atoms with van der Waals surface area (Å²) in [6, 6.07) is 0.314. The van der Waals surface area contributed by atoms with Crippen LogP contribution in [0.5, 0.6) is 0 Å². The smallest absolute Gasteiger partial charge is 0.254 e. The predicted octanol–water partition coefficient (Wildman–Crippen LogP) is 1.40. The molecule has 1 amide bonds. The lowest BCUT2D eigenvalue weighted by Gasteiger charge is -2.32. The van der Waals surface area contributed by atoms with Crippen molar-refractivity contribution in [2.75, 3.05) is 6.54 Å². The number of aliphatic hydroxyl groups is 1. The number of rotatable bonds is 2. The summed E-state index contributed by atoms with van der Waals surface area (Å²) in [5.41, 5.74) is -1.22. The van der Waals surface area contributed by atoms with E-state index >= 15 is 0 Å².